The number of ether oxygens (including phenoxy) is 1. The van der Waals surface area contributed by atoms with E-state index in [0.717, 1.165) is 10.8 Å². The van der Waals surface area contributed by atoms with E-state index in [4.69, 9.17) is 21.6 Å². The maximum Gasteiger partial charge on any atom is 0.307 e. The van der Waals surface area contributed by atoms with Gasteiger partial charge in [-0.1, -0.05) is 41.9 Å². The third kappa shape index (κ3) is 6.04. The van der Waals surface area contributed by atoms with E-state index in [1.165, 1.54) is 24.3 Å². The molecule has 3 rings (SSSR count). The van der Waals surface area contributed by atoms with Gasteiger partial charge in [0.15, 0.2) is 6.61 Å². The summed E-state index contributed by atoms with van der Waals surface area (Å²) in [6.45, 7) is -0.727. The lowest BCUT2D eigenvalue weighted by Crippen LogP contribution is -2.28. The zero-order chi connectivity index (χ0) is 23.1. The fraction of sp³-hybridized carbons (Fsp3) is 0.136. The average molecular weight is 472 g/mol. The summed E-state index contributed by atoms with van der Waals surface area (Å²) in [5.41, 5.74) is 0.612. The molecule has 0 radical (unpaired) electrons. The molecule has 8 nitrogen and oxygen atoms in total. The molecule has 0 aliphatic carbocycles. The Bertz CT molecular complexity index is 1320. The molecule has 0 aliphatic heterocycles. The number of benzene rings is 3. The molecule has 0 atom stereocenters. The number of sulfonamides is 1. The molecule has 32 heavy (non-hydrogen) atoms. The quantitative estimate of drug-likeness (QED) is 0.486. The highest BCUT2D eigenvalue weighted by atomic mass is 35.5. The predicted octanol–water partition coefficient (Wildman–Crippen LogP) is 3.22. The highest BCUT2D eigenvalue weighted by molar-refractivity contribution is 7.89. The molecular weight excluding hydrogens is 454 g/mol. The lowest BCUT2D eigenvalue weighted by molar-refractivity contribution is -0.147. The standard InChI is InChI=1S/C22H18ClN3O5S/c23-20-12-18(7-5-17(20)13-24)26-21(27)14-31-22(28)9-10-25-32(29,30)19-8-6-15-3-1-2-4-16(15)11-19/h1-8,11-12,25H,9-10,14H2,(H,26,27). The van der Waals surface area contributed by atoms with Gasteiger partial charge in [-0.3, -0.25) is 9.59 Å². The summed E-state index contributed by atoms with van der Waals surface area (Å²) >= 11 is 5.89. The van der Waals surface area contributed by atoms with E-state index in [-0.39, 0.29) is 28.4 Å². The zero-order valence-corrected chi connectivity index (χ0v) is 18.2. The molecule has 164 valence electrons. The molecule has 3 aromatic rings. The number of carbonyl (C=O) groups is 2. The number of nitriles is 1. The Hall–Kier alpha value is -3.45. The fourth-order valence-corrected chi connectivity index (χ4v) is 4.09. The van der Waals surface area contributed by atoms with Crippen LogP contribution in [0.4, 0.5) is 5.69 Å². The van der Waals surface area contributed by atoms with Crippen LogP contribution in [-0.4, -0.2) is 33.4 Å². The number of esters is 1. The lowest BCUT2D eigenvalue weighted by atomic mass is 10.1. The summed E-state index contributed by atoms with van der Waals surface area (Å²) in [6.07, 6.45) is -0.247. The number of rotatable bonds is 8. The summed E-state index contributed by atoms with van der Waals surface area (Å²) in [4.78, 5) is 23.8. The van der Waals surface area contributed by atoms with Gasteiger partial charge in [-0.2, -0.15) is 5.26 Å². The summed E-state index contributed by atoms with van der Waals surface area (Å²) < 4.78 is 32.1. The fourth-order valence-electron chi connectivity index (χ4n) is 2.80. The summed E-state index contributed by atoms with van der Waals surface area (Å²) in [5.74, 6) is -1.34. The molecule has 0 bridgehead atoms. The first kappa shape index (κ1) is 23.2. The van der Waals surface area contributed by atoms with E-state index < -0.39 is 28.5 Å². The van der Waals surface area contributed by atoms with Crippen molar-refractivity contribution >= 4 is 50.0 Å². The van der Waals surface area contributed by atoms with Gasteiger partial charge in [-0.05, 0) is 41.1 Å². The first-order valence-corrected chi connectivity index (χ1v) is 11.3. The van der Waals surface area contributed by atoms with Crippen LogP contribution in [0.3, 0.4) is 0 Å². The van der Waals surface area contributed by atoms with Gasteiger partial charge in [-0.15, -0.1) is 0 Å². The van der Waals surface area contributed by atoms with Crippen LogP contribution < -0.4 is 10.0 Å². The second-order valence-electron chi connectivity index (χ2n) is 6.67. The summed E-state index contributed by atoms with van der Waals surface area (Å²) in [5, 5.41) is 13.2. The van der Waals surface area contributed by atoms with Gasteiger partial charge in [0.05, 0.1) is 21.9 Å². The number of hydrogen-bond acceptors (Lipinski definition) is 6. The van der Waals surface area contributed by atoms with Gasteiger partial charge in [0, 0.05) is 12.2 Å². The summed E-state index contributed by atoms with van der Waals surface area (Å²) in [7, 11) is -3.80. The predicted molar refractivity (Wildman–Crippen MR) is 120 cm³/mol. The number of anilines is 1. The van der Waals surface area contributed by atoms with Crippen LogP contribution in [0.15, 0.2) is 65.6 Å². The van der Waals surface area contributed by atoms with Crippen LogP contribution in [0.25, 0.3) is 10.8 Å². The smallest absolute Gasteiger partial charge is 0.307 e. The minimum atomic E-state index is -3.80. The minimum absolute atomic E-state index is 0.0880. The van der Waals surface area contributed by atoms with Gasteiger partial charge in [-0.25, -0.2) is 13.1 Å². The molecule has 10 heteroatoms. The van der Waals surface area contributed by atoms with Crippen molar-refractivity contribution in [2.45, 2.75) is 11.3 Å². The summed E-state index contributed by atoms with van der Waals surface area (Å²) in [6, 6.07) is 18.4. The van der Waals surface area contributed by atoms with Gasteiger partial charge in [0.2, 0.25) is 10.0 Å². The maximum absolute atomic E-state index is 12.4. The molecule has 2 N–H and O–H groups in total. The van der Waals surface area contributed by atoms with Gasteiger partial charge >= 0.3 is 5.97 Å². The Balaban J connectivity index is 1.45. The molecule has 1 amide bonds. The number of nitrogens with zero attached hydrogens (tertiary/aromatic N) is 1. The molecule has 0 fully saturated rings. The Morgan fingerprint density at radius 1 is 1.03 bits per heavy atom. The van der Waals surface area contributed by atoms with Crippen molar-refractivity contribution in [2.24, 2.45) is 0 Å². The van der Waals surface area contributed by atoms with Gasteiger partial charge in [0.1, 0.15) is 6.07 Å². The van der Waals surface area contributed by atoms with Crippen molar-refractivity contribution < 1.29 is 22.7 Å². The van der Waals surface area contributed by atoms with Crippen LogP contribution in [-0.2, 0) is 24.3 Å². The van der Waals surface area contributed by atoms with Crippen molar-refractivity contribution in [1.29, 1.82) is 5.26 Å². The molecule has 0 saturated carbocycles. The van der Waals surface area contributed by atoms with Crippen molar-refractivity contribution in [3.8, 4) is 6.07 Å². The molecular formula is C22H18ClN3O5S. The number of fused-ring (bicyclic) bond motifs is 1. The van der Waals surface area contributed by atoms with Crippen molar-refractivity contribution in [3.05, 3.63) is 71.2 Å². The SMILES string of the molecule is N#Cc1ccc(NC(=O)COC(=O)CCNS(=O)(=O)c2ccc3ccccc3c2)cc1Cl. The molecule has 0 aliphatic rings. The van der Waals surface area contributed by atoms with Crippen LogP contribution in [0.5, 0.6) is 0 Å². The number of nitrogens with one attached hydrogen (secondary N) is 2. The molecule has 0 spiro atoms. The number of halogens is 1. The Morgan fingerprint density at radius 3 is 2.50 bits per heavy atom. The number of carbonyl (C=O) groups excluding carboxylic acids is 2. The molecule has 0 unspecified atom stereocenters. The van der Waals surface area contributed by atoms with Gasteiger partial charge < -0.3 is 10.1 Å². The Morgan fingerprint density at radius 2 is 1.78 bits per heavy atom. The average Bonchev–Trinajstić information content (AvgIpc) is 2.77. The van der Waals surface area contributed by atoms with E-state index in [0.29, 0.717) is 5.69 Å². The lowest BCUT2D eigenvalue weighted by Gasteiger charge is -2.09. The third-order valence-corrected chi connectivity index (χ3v) is 6.16. The number of hydrogen-bond donors (Lipinski definition) is 2. The minimum Gasteiger partial charge on any atom is -0.456 e. The van der Waals surface area contributed by atoms with E-state index in [1.807, 2.05) is 30.3 Å². The molecule has 0 aromatic heterocycles. The van der Waals surface area contributed by atoms with Gasteiger partial charge in [0.25, 0.3) is 5.91 Å². The van der Waals surface area contributed by atoms with Crippen molar-refractivity contribution in [3.63, 3.8) is 0 Å². The second kappa shape index (κ2) is 10.2. The van der Waals surface area contributed by atoms with Crippen LogP contribution >= 0.6 is 11.6 Å². The second-order valence-corrected chi connectivity index (χ2v) is 8.85. The topological polar surface area (TPSA) is 125 Å². The zero-order valence-electron chi connectivity index (χ0n) is 16.7. The van der Waals surface area contributed by atoms with Crippen molar-refractivity contribution in [2.75, 3.05) is 18.5 Å². The molecule has 0 heterocycles. The van der Waals surface area contributed by atoms with E-state index in [9.17, 15) is 18.0 Å². The van der Waals surface area contributed by atoms with Crippen LogP contribution in [0.1, 0.15) is 12.0 Å². The Kier molecular flexibility index (Phi) is 7.43. The van der Waals surface area contributed by atoms with E-state index in [1.54, 1.807) is 12.1 Å². The highest BCUT2D eigenvalue weighted by Gasteiger charge is 2.15. The van der Waals surface area contributed by atoms with Crippen molar-refractivity contribution in [1.82, 2.24) is 4.72 Å². The number of amides is 1. The third-order valence-electron chi connectivity index (χ3n) is 4.39. The normalized spacial score (nSPS) is 11.0. The largest absolute Gasteiger partial charge is 0.456 e. The maximum atomic E-state index is 12.4. The first-order chi connectivity index (χ1) is 15.3. The Labute approximate surface area is 189 Å². The van der Waals surface area contributed by atoms with Crippen LogP contribution in [0, 0.1) is 11.3 Å². The monoisotopic (exact) mass is 471 g/mol. The van der Waals surface area contributed by atoms with E-state index in [2.05, 4.69) is 10.0 Å². The van der Waals surface area contributed by atoms with Crippen LogP contribution in [0.2, 0.25) is 5.02 Å². The highest BCUT2D eigenvalue weighted by Crippen LogP contribution is 2.20. The molecule has 3 aromatic carbocycles. The van der Waals surface area contributed by atoms with E-state index >= 15 is 0 Å². The molecule has 0 saturated heterocycles. The first-order valence-electron chi connectivity index (χ1n) is 9.42.